The Morgan fingerprint density at radius 2 is 1.81 bits per heavy atom. The van der Waals surface area contributed by atoms with Crippen molar-refractivity contribution in [3.8, 4) is 0 Å². The molecule has 26 heavy (non-hydrogen) atoms. The fourth-order valence-corrected chi connectivity index (χ4v) is 2.99. The quantitative estimate of drug-likeness (QED) is 0.610. The number of benzene rings is 2. The lowest BCUT2D eigenvalue weighted by Gasteiger charge is -2.19. The first kappa shape index (κ1) is 17.7. The number of para-hydroxylation sites is 1. The summed E-state index contributed by atoms with van der Waals surface area (Å²) in [6, 6.07) is 15.6. The Hall–Kier alpha value is -3.12. The number of ether oxygens (including phenoxy) is 1. The number of fused-ring (bicyclic) bond motifs is 1. The van der Waals surface area contributed by atoms with E-state index in [0.717, 1.165) is 16.5 Å². The number of rotatable bonds is 7. The van der Waals surface area contributed by atoms with Gasteiger partial charge < -0.3 is 20.1 Å². The number of carboxylic acids is 1. The highest BCUT2D eigenvalue weighted by molar-refractivity contribution is 5.88. The number of hydrogen-bond donors (Lipinski definition) is 3. The first-order valence-electron chi connectivity index (χ1n) is 8.26. The Kier molecular flexibility index (Phi) is 5.34. The highest BCUT2D eigenvalue weighted by Crippen LogP contribution is 2.20. The zero-order chi connectivity index (χ0) is 18.5. The highest BCUT2D eigenvalue weighted by Gasteiger charge is 2.27. The van der Waals surface area contributed by atoms with Crippen molar-refractivity contribution in [3.05, 3.63) is 71.9 Å². The zero-order valence-electron chi connectivity index (χ0n) is 14.3. The van der Waals surface area contributed by atoms with Crippen molar-refractivity contribution < 1.29 is 19.4 Å². The van der Waals surface area contributed by atoms with Crippen molar-refractivity contribution in [1.82, 2.24) is 10.3 Å². The summed E-state index contributed by atoms with van der Waals surface area (Å²) >= 11 is 0. The molecule has 0 saturated carbocycles. The predicted octanol–water partition coefficient (Wildman–Crippen LogP) is 2.67. The van der Waals surface area contributed by atoms with Gasteiger partial charge in [-0.1, -0.05) is 48.5 Å². The van der Waals surface area contributed by atoms with Crippen molar-refractivity contribution in [1.29, 1.82) is 0 Å². The number of aromatic amines is 1. The van der Waals surface area contributed by atoms with E-state index >= 15 is 0 Å². The molecule has 0 saturated heterocycles. The Morgan fingerprint density at radius 1 is 1.12 bits per heavy atom. The number of carboxylic acid groups (broad SMARTS) is 1. The molecular formula is C20H20N2O4. The summed E-state index contributed by atoms with van der Waals surface area (Å²) in [4.78, 5) is 27.4. The molecule has 3 aromatic rings. The van der Waals surface area contributed by atoms with E-state index < -0.39 is 24.0 Å². The van der Waals surface area contributed by atoms with E-state index in [2.05, 4.69) is 10.3 Å². The monoisotopic (exact) mass is 352 g/mol. The molecule has 1 heterocycles. The molecule has 2 aromatic carbocycles. The van der Waals surface area contributed by atoms with Crippen molar-refractivity contribution in [2.24, 2.45) is 0 Å². The molecule has 0 aliphatic rings. The van der Waals surface area contributed by atoms with Crippen molar-refractivity contribution >= 4 is 22.8 Å². The van der Waals surface area contributed by atoms with Gasteiger partial charge >= 0.3 is 5.97 Å². The molecule has 0 bridgehead atoms. The fraction of sp³-hybridized carbons (Fsp3) is 0.200. The molecule has 3 rings (SSSR count). The molecular weight excluding hydrogens is 332 g/mol. The van der Waals surface area contributed by atoms with Gasteiger partial charge in [0.05, 0.1) is 0 Å². The summed E-state index contributed by atoms with van der Waals surface area (Å²) < 4.78 is 5.27. The second-order valence-corrected chi connectivity index (χ2v) is 5.99. The molecule has 6 heteroatoms. The van der Waals surface area contributed by atoms with Crippen LogP contribution in [0.2, 0.25) is 0 Å². The van der Waals surface area contributed by atoms with Crippen LogP contribution in [-0.2, 0) is 20.7 Å². The molecule has 0 spiro atoms. The minimum Gasteiger partial charge on any atom is -0.480 e. The van der Waals surface area contributed by atoms with Crippen molar-refractivity contribution in [3.63, 3.8) is 0 Å². The first-order chi connectivity index (χ1) is 12.6. The molecule has 0 aliphatic carbocycles. The number of amides is 1. The average molecular weight is 352 g/mol. The third kappa shape index (κ3) is 3.75. The van der Waals surface area contributed by atoms with Gasteiger partial charge in [-0.3, -0.25) is 4.79 Å². The minimum atomic E-state index is -1.09. The highest BCUT2D eigenvalue weighted by atomic mass is 16.5. The van der Waals surface area contributed by atoms with Crippen molar-refractivity contribution in [2.45, 2.75) is 18.6 Å². The summed E-state index contributed by atoms with van der Waals surface area (Å²) in [5.41, 5.74) is 2.43. The summed E-state index contributed by atoms with van der Waals surface area (Å²) in [5.74, 6) is -1.57. The molecule has 0 aliphatic heterocycles. The third-order valence-corrected chi connectivity index (χ3v) is 4.29. The Balaban J connectivity index is 1.78. The molecule has 0 fully saturated rings. The number of H-pyrrole nitrogens is 1. The maximum absolute atomic E-state index is 12.6. The maximum Gasteiger partial charge on any atom is 0.326 e. The van der Waals surface area contributed by atoms with Crippen LogP contribution in [0.15, 0.2) is 60.8 Å². The van der Waals surface area contributed by atoms with Crippen LogP contribution in [0.25, 0.3) is 10.9 Å². The third-order valence-electron chi connectivity index (χ3n) is 4.29. The number of aliphatic carboxylic acids is 1. The van der Waals surface area contributed by atoms with E-state index in [-0.39, 0.29) is 6.42 Å². The lowest BCUT2D eigenvalue weighted by atomic mass is 10.0. The van der Waals surface area contributed by atoms with Crippen LogP contribution < -0.4 is 5.32 Å². The molecule has 6 nitrogen and oxygen atoms in total. The van der Waals surface area contributed by atoms with Crippen LogP contribution in [0.1, 0.15) is 17.2 Å². The van der Waals surface area contributed by atoms with Crippen LogP contribution in [0.3, 0.4) is 0 Å². The standard InChI is InChI=1S/C20H20N2O4/c1-26-18(13-7-3-2-4-8-13)19(23)22-17(20(24)25)11-14-12-21-16-10-6-5-9-15(14)16/h2-10,12,17-18,21H,11H2,1H3,(H,22,23)(H,24,25)/t17-,18+/m1/s1. The van der Waals surface area contributed by atoms with Gasteiger partial charge in [0.25, 0.3) is 5.91 Å². The smallest absolute Gasteiger partial charge is 0.326 e. The van der Waals surface area contributed by atoms with Gasteiger partial charge in [-0.05, 0) is 17.2 Å². The van der Waals surface area contributed by atoms with Gasteiger partial charge in [0.15, 0.2) is 6.10 Å². The van der Waals surface area contributed by atoms with Crippen LogP contribution in [0.4, 0.5) is 0 Å². The summed E-state index contributed by atoms with van der Waals surface area (Å²) in [6.45, 7) is 0. The second kappa shape index (κ2) is 7.84. The Bertz CT molecular complexity index is 904. The number of carbonyl (C=O) groups is 2. The Morgan fingerprint density at radius 3 is 2.50 bits per heavy atom. The fourth-order valence-electron chi connectivity index (χ4n) is 2.99. The van der Waals surface area contributed by atoms with Crippen LogP contribution in [-0.4, -0.2) is 35.1 Å². The van der Waals surface area contributed by atoms with Gasteiger partial charge in [0, 0.05) is 30.6 Å². The predicted molar refractivity (Wildman–Crippen MR) is 97.8 cm³/mol. The number of methoxy groups -OCH3 is 1. The van der Waals surface area contributed by atoms with Gasteiger partial charge in [-0.2, -0.15) is 0 Å². The van der Waals surface area contributed by atoms with Gasteiger partial charge in [-0.25, -0.2) is 4.79 Å². The summed E-state index contributed by atoms with van der Waals surface area (Å²) in [7, 11) is 1.42. The van der Waals surface area contributed by atoms with Crippen LogP contribution in [0.5, 0.6) is 0 Å². The summed E-state index contributed by atoms with van der Waals surface area (Å²) in [5, 5.41) is 13.1. The second-order valence-electron chi connectivity index (χ2n) is 5.99. The lowest BCUT2D eigenvalue weighted by molar-refractivity contribution is -0.144. The SMILES string of the molecule is CO[C@H](C(=O)N[C@H](Cc1c[nH]c2ccccc12)C(=O)O)c1ccccc1. The molecule has 0 radical (unpaired) electrons. The summed E-state index contributed by atoms with van der Waals surface area (Å²) in [6.07, 6.45) is 1.09. The number of carbonyl (C=O) groups excluding carboxylic acids is 1. The molecule has 134 valence electrons. The molecule has 1 aromatic heterocycles. The van der Waals surface area contributed by atoms with Crippen molar-refractivity contribution in [2.75, 3.05) is 7.11 Å². The van der Waals surface area contributed by atoms with E-state index in [9.17, 15) is 14.7 Å². The first-order valence-corrected chi connectivity index (χ1v) is 8.26. The van der Waals surface area contributed by atoms with Gasteiger partial charge in [-0.15, -0.1) is 0 Å². The van der Waals surface area contributed by atoms with E-state index in [4.69, 9.17) is 4.74 Å². The molecule has 1 amide bonds. The molecule has 0 unspecified atom stereocenters. The number of nitrogens with one attached hydrogen (secondary N) is 2. The maximum atomic E-state index is 12.6. The Labute approximate surface area is 150 Å². The topological polar surface area (TPSA) is 91.4 Å². The normalized spacial score (nSPS) is 13.3. The zero-order valence-corrected chi connectivity index (χ0v) is 14.3. The number of hydrogen-bond acceptors (Lipinski definition) is 3. The minimum absolute atomic E-state index is 0.177. The van der Waals surface area contributed by atoms with E-state index in [1.54, 1.807) is 30.5 Å². The van der Waals surface area contributed by atoms with E-state index in [0.29, 0.717) is 5.56 Å². The lowest BCUT2D eigenvalue weighted by Crippen LogP contribution is -2.44. The number of aromatic nitrogens is 1. The largest absolute Gasteiger partial charge is 0.480 e. The average Bonchev–Trinajstić information content (AvgIpc) is 3.06. The van der Waals surface area contributed by atoms with Crippen LogP contribution >= 0.6 is 0 Å². The van der Waals surface area contributed by atoms with Gasteiger partial charge in [0.2, 0.25) is 0 Å². The van der Waals surface area contributed by atoms with E-state index in [1.165, 1.54) is 7.11 Å². The van der Waals surface area contributed by atoms with Gasteiger partial charge in [0.1, 0.15) is 6.04 Å². The van der Waals surface area contributed by atoms with E-state index in [1.807, 2.05) is 30.3 Å². The molecule has 2 atom stereocenters. The molecule has 3 N–H and O–H groups in total. The van der Waals surface area contributed by atoms with Crippen LogP contribution in [0, 0.1) is 0 Å².